The van der Waals surface area contributed by atoms with Gasteiger partial charge in [-0.3, -0.25) is 0 Å². The molecule has 0 amide bonds. The fourth-order valence-electron chi connectivity index (χ4n) is 1.73. The van der Waals surface area contributed by atoms with Crippen molar-refractivity contribution < 1.29 is 8.42 Å². The second-order valence-electron chi connectivity index (χ2n) is 5.00. The first kappa shape index (κ1) is 17.2. The second-order valence-corrected chi connectivity index (χ2v) is 7.04. The summed E-state index contributed by atoms with van der Waals surface area (Å²) in [5.74, 6) is 0.227. The zero-order valence-corrected chi connectivity index (χ0v) is 13.4. The third-order valence-electron chi connectivity index (χ3n) is 2.89. The topological polar surface area (TPSA) is 84.5 Å². The van der Waals surface area contributed by atoms with Crippen LogP contribution < -0.4 is 11.1 Å². The normalized spacial score (nSPS) is 13.7. The van der Waals surface area contributed by atoms with Crippen molar-refractivity contribution in [3.05, 3.63) is 42.5 Å². The lowest BCUT2D eigenvalue weighted by molar-refractivity contribution is 0.571. The quantitative estimate of drug-likeness (QED) is 0.456. The van der Waals surface area contributed by atoms with Gasteiger partial charge >= 0.3 is 0 Å². The van der Waals surface area contributed by atoms with E-state index in [0.717, 1.165) is 5.57 Å². The van der Waals surface area contributed by atoms with Crippen molar-refractivity contribution in [2.75, 3.05) is 12.3 Å². The average Bonchev–Trinajstić information content (AvgIpc) is 2.45. The van der Waals surface area contributed by atoms with E-state index in [4.69, 9.17) is 5.73 Å². The van der Waals surface area contributed by atoms with Crippen LogP contribution in [0.2, 0.25) is 0 Å². The van der Waals surface area contributed by atoms with Crippen LogP contribution in [0.4, 0.5) is 0 Å². The van der Waals surface area contributed by atoms with E-state index in [1.165, 1.54) is 0 Å². The zero-order valence-electron chi connectivity index (χ0n) is 12.5. The maximum absolute atomic E-state index is 12.3. The molecule has 1 aromatic carbocycles. The van der Waals surface area contributed by atoms with E-state index in [1.54, 1.807) is 30.3 Å². The predicted molar refractivity (Wildman–Crippen MR) is 87.0 cm³/mol. The van der Waals surface area contributed by atoms with Crippen LogP contribution in [0.25, 0.3) is 0 Å². The third-order valence-corrected chi connectivity index (χ3v) is 4.72. The molecule has 0 saturated carbocycles. The van der Waals surface area contributed by atoms with Crippen LogP contribution in [0.5, 0.6) is 0 Å². The van der Waals surface area contributed by atoms with Gasteiger partial charge in [0.2, 0.25) is 0 Å². The number of rotatable bonds is 7. The predicted octanol–water partition coefficient (Wildman–Crippen LogP) is 1.72. The number of aliphatic imine (C=N–C) groups is 1. The van der Waals surface area contributed by atoms with Gasteiger partial charge in [0.15, 0.2) is 15.8 Å². The number of hydrogen-bond donors (Lipinski definition) is 2. The van der Waals surface area contributed by atoms with Gasteiger partial charge in [-0.2, -0.15) is 0 Å². The molecule has 0 aliphatic rings. The Kier molecular flexibility index (Phi) is 6.42. The molecule has 0 aromatic heterocycles. The molecule has 0 radical (unpaired) electrons. The van der Waals surface area contributed by atoms with Gasteiger partial charge in [0.1, 0.15) is 0 Å². The van der Waals surface area contributed by atoms with E-state index in [-0.39, 0.29) is 17.8 Å². The Morgan fingerprint density at radius 2 is 2.00 bits per heavy atom. The minimum Gasteiger partial charge on any atom is -0.370 e. The van der Waals surface area contributed by atoms with Gasteiger partial charge in [0.25, 0.3) is 0 Å². The van der Waals surface area contributed by atoms with E-state index in [1.807, 2.05) is 13.8 Å². The largest absolute Gasteiger partial charge is 0.370 e. The molecular formula is C15H23N3O2S. The Labute approximate surface area is 126 Å². The highest BCUT2D eigenvalue weighted by molar-refractivity contribution is 7.91. The summed E-state index contributed by atoms with van der Waals surface area (Å²) in [5, 5.41) is 2.96. The number of nitrogens with two attached hydrogens (primary N) is 1. The van der Waals surface area contributed by atoms with Gasteiger partial charge < -0.3 is 11.1 Å². The zero-order chi connectivity index (χ0) is 15.9. The molecule has 0 saturated heterocycles. The average molecular weight is 309 g/mol. The molecule has 0 fully saturated rings. The van der Waals surface area contributed by atoms with Crippen LogP contribution in [-0.2, 0) is 9.84 Å². The van der Waals surface area contributed by atoms with Gasteiger partial charge in [-0.15, -0.1) is 0 Å². The maximum Gasteiger partial charge on any atom is 0.189 e. The molecule has 0 aliphatic carbocycles. The monoisotopic (exact) mass is 309 g/mol. The molecule has 0 bridgehead atoms. The second kappa shape index (κ2) is 7.83. The van der Waals surface area contributed by atoms with Crippen LogP contribution in [0, 0.1) is 0 Å². The van der Waals surface area contributed by atoms with Crippen molar-refractivity contribution in [1.29, 1.82) is 0 Å². The lowest BCUT2D eigenvalue weighted by Crippen LogP contribution is -2.43. The Bertz CT molecular complexity index is 595. The van der Waals surface area contributed by atoms with Crippen molar-refractivity contribution >= 4 is 15.8 Å². The highest BCUT2D eigenvalue weighted by Crippen LogP contribution is 2.12. The van der Waals surface area contributed by atoms with Crippen molar-refractivity contribution in [2.24, 2.45) is 10.7 Å². The summed E-state index contributed by atoms with van der Waals surface area (Å²) in [5.41, 5.74) is 6.65. The van der Waals surface area contributed by atoms with E-state index >= 15 is 0 Å². The lowest BCUT2D eigenvalue weighted by atomic mass is 10.3. The first-order valence-corrected chi connectivity index (χ1v) is 8.49. The van der Waals surface area contributed by atoms with Crippen molar-refractivity contribution in [3.63, 3.8) is 0 Å². The summed E-state index contributed by atoms with van der Waals surface area (Å²) in [6.07, 6.45) is 0.634. The molecule has 21 heavy (non-hydrogen) atoms. The Balaban J connectivity index is 2.74. The number of guanidine groups is 1. The van der Waals surface area contributed by atoms with Crippen LogP contribution in [0.1, 0.15) is 20.3 Å². The summed E-state index contributed by atoms with van der Waals surface area (Å²) in [7, 11) is -3.34. The summed E-state index contributed by atoms with van der Waals surface area (Å²) in [4.78, 5) is 4.43. The number of nitrogens with zero attached hydrogens (tertiary/aromatic N) is 1. The molecule has 0 spiro atoms. The van der Waals surface area contributed by atoms with Crippen LogP contribution in [0.3, 0.4) is 0 Å². The van der Waals surface area contributed by atoms with Crippen LogP contribution in [0.15, 0.2) is 52.4 Å². The molecule has 1 unspecified atom stereocenters. The van der Waals surface area contributed by atoms with E-state index in [0.29, 0.717) is 17.9 Å². The van der Waals surface area contributed by atoms with Crippen molar-refractivity contribution in [3.8, 4) is 0 Å². The summed E-state index contributed by atoms with van der Waals surface area (Å²) in [6, 6.07) is 8.13. The number of hydrogen-bond acceptors (Lipinski definition) is 3. The van der Waals surface area contributed by atoms with Crippen LogP contribution >= 0.6 is 0 Å². The van der Waals surface area contributed by atoms with Crippen molar-refractivity contribution in [1.82, 2.24) is 5.32 Å². The lowest BCUT2D eigenvalue weighted by Gasteiger charge is -2.17. The minimum absolute atomic E-state index is 0.0171. The fraction of sp³-hybridized carbons (Fsp3) is 0.400. The highest BCUT2D eigenvalue weighted by Gasteiger charge is 2.20. The van der Waals surface area contributed by atoms with Gasteiger partial charge in [-0.05, 0) is 25.5 Å². The fourth-order valence-corrected chi connectivity index (χ4v) is 3.34. The molecule has 5 nitrogen and oxygen atoms in total. The SMILES string of the molecule is C=C(C)CN=C(N)NC(CC)CS(=O)(=O)c1ccccc1. The molecule has 3 N–H and O–H groups in total. The van der Waals surface area contributed by atoms with E-state index < -0.39 is 9.84 Å². The van der Waals surface area contributed by atoms with Gasteiger partial charge in [-0.25, -0.2) is 13.4 Å². The molecule has 6 heteroatoms. The minimum atomic E-state index is -3.34. The summed E-state index contributed by atoms with van der Waals surface area (Å²) < 4.78 is 24.6. The van der Waals surface area contributed by atoms with Crippen molar-refractivity contribution in [2.45, 2.75) is 31.2 Å². The van der Waals surface area contributed by atoms with E-state index in [2.05, 4.69) is 16.9 Å². The van der Waals surface area contributed by atoms with Gasteiger partial charge in [-0.1, -0.05) is 37.3 Å². The van der Waals surface area contributed by atoms with Crippen LogP contribution in [-0.4, -0.2) is 32.7 Å². The maximum atomic E-state index is 12.3. The molecular weight excluding hydrogens is 286 g/mol. The molecule has 1 atom stereocenters. The third kappa shape index (κ3) is 5.99. The highest BCUT2D eigenvalue weighted by atomic mass is 32.2. The summed E-state index contributed by atoms with van der Waals surface area (Å²) >= 11 is 0. The Morgan fingerprint density at radius 1 is 1.38 bits per heavy atom. The molecule has 1 aromatic rings. The summed E-state index contributed by atoms with van der Waals surface area (Å²) in [6.45, 7) is 7.93. The Morgan fingerprint density at radius 3 is 2.52 bits per heavy atom. The van der Waals surface area contributed by atoms with Gasteiger partial charge in [0.05, 0.1) is 17.2 Å². The number of nitrogens with one attached hydrogen (secondary N) is 1. The van der Waals surface area contributed by atoms with E-state index in [9.17, 15) is 8.42 Å². The standard InChI is InChI=1S/C15H23N3O2S/c1-4-13(18-15(16)17-10-12(2)3)11-21(19,20)14-8-6-5-7-9-14/h5-9,13H,2,4,10-11H2,1,3H3,(H3,16,17,18). The smallest absolute Gasteiger partial charge is 0.189 e. The molecule has 0 heterocycles. The first-order valence-electron chi connectivity index (χ1n) is 6.83. The molecule has 116 valence electrons. The number of benzene rings is 1. The Hall–Kier alpha value is -1.82. The molecule has 1 rings (SSSR count). The number of sulfone groups is 1. The van der Waals surface area contributed by atoms with Gasteiger partial charge in [0, 0.05) is 6.04 Å². The molecule has 0 aliphatic heterocycles. The first-order chi connectivity index (χ1) is 9.85.